The van der Waals surface area contributed by atoms with E-state index in [1.54, 1.807) is 11.8 Å². The van der Waals surface area contributed by atoms with Crippen molar-refractivity contribution in [2.75, 3.05) is 11.5 Å². The number of hydrogen-bond donors (Lipinski definition) is 0. The normalized spacial score (nSPS) is 23.7. The average Bonchev–Trinajstić information content (AvgIpc) is 3.08. The molecule has 0 aromatic heterocycles. The lowest BCUT2D eigenvalue weighted by Gasteiger charge is -2.26. The maximum Gasteiger partial charge on any atom is 0.160 e. The number of benzene rings is 2. The minimum Gasteiger partial charge on any atom is -0.341 e. The summed E-state index contributed by atoms with van der Waals surface area (Å²) in [5.74, 6) is 1.16. The number of halogens is 1. The van der Waals surface area contributed by atoms with Gasteiger partial charge in [0, 0.05) is 17.3 Å². The first-order chi connectivity index (χ1) is 12.5. The van der Waals surface area contributed by atoms with Crippen molar-refractivity contribution in [2.24, 2.45) is 4.99 Å². The van der Waals surface area contributed by atoms with E-state index in [-0.39, 0.29) is 23.6 Å². The minimum atomic E-state index is -3.01. The van der Waals surface area contributed by atoms with Gasteiger partial charge in [-0.2, -0.15) is 0 Å². The highest BCUT2D eigenvalue weighted by Crippen LogP contribution is 2.33. The van der Waals surface area contributed by atoms with Crippen LogP contribution in [0.25, 0.3) is 0 Å². The molecule has 7 heteroatoms. The highest BCUT2D eigenvalue weighted by molar-refractivity contribution is 8.13. The zero-order chi connectivity index (χ0) is 18.1. The van der Waals surface area contributed by atoms with Crippen LogP contribution in [0.2, 0.25) is 5.02 Å². The molecule has 0 radical (unpaired) electrons. The number of sulfone groups is 1. The number of aliphatic imine (C=N–C) groups is 1. The lowest BCUT2D eigenvalue weighted by molar-refractivity contribution is 0.343. The summed E-state index contributed by atoms with van der Waals surface area (Å²) in [6.45, 7) is 0.647. The van der Waals surface area contributed by atoms with Crippen molar-refractivity contribution in [2.45, 2.75) is 24.4 Å². The number of thioether (sulfide) groups is 1. The molecule has 1 saturated heterocycles. The molecule has 0 N–H and O–H groups in total. The van der Waals surface area contributed by atoms with Gasteiger partial charge in [-0.1, -0.05) is 65.8 Å². The third-order valence-corrected chi connectivity index (χ3v) is 7.72. The molecular weight excluding hydrogens is 388 g/mol. The molecule has 2 aliphatic rings. The quantitative estimate of drug-likeness (QED) is 0.778. The van der Waals surface area contributed by atoms with Crippen molar-refractivity contribution >= 4 is 38.4 Å². The van der Waals surface area contributed by atoms with E-state index in [4.69, 9.17) is 16.6 Å². The predicted molar refractivity (Wildman–Crippen MR) is 108 cm³/mol. The van der Waals surface area contributed by atoms with Gasteiger partial charge in [-0.15, -0.1) is 0 Å². The van der Waals surface area contributed by atoms with Crippen molar-refractivity contribution in [3.8, 4) is 0 Å². The third kappa shape index (κ3) is 3.92. The standard InChI is InChI=1S/C19H19ClN2O2S2/c20-16-8-6-14(7-9-16)10-22-18-13-26(23,24)12-17(18)21-19(22)25-11-15-4-2-1-3-5-15/h1-9,17-18H,10-13H2/t17-,18-/m1/s1. The Labute approximate surface area is 163 Å². The van der Waals surface area contributed by atoms with Crippen molar-refractivity contribution in [1.29, 1.82) is 0 Å². The van der Waals surface area contributed by atoms with E-state index in [0.29, 0.717) is 11.6 Å². The fraction of sp³-hybridized carbons (Fsp3) is 0.316. The van der Waals surface area contributed by atoms with Crippen molar-refractivity contribution in [3.63, 3.8) is 0 Å². The van der Waals surface area contributed by atoms with Crippen LogP contribution in [0, 0.1) is 0 Å². The Balaban J connectivity index is 1.54. The van der Waals surface area contributed by atoms with Crippen LogP contribution < -0.4 is 0 Å². The topological polar surface area (TPSA) is 49.7 Å². The summed E-state index contributed by atoms with van der Waals surface area (Å²) < 4.78 is 24.1. The largest absolute Gasteiger partial charge is 0.341 e. The molecule has 136 valence electrons. The Kier molecular flexibility index (Phi) is 4.99. The minimum absolute atomic E-state index is 0.0612. The molecular formula is C19H19ClN2O2S2. The second-order valence-corrected chi connectivity index (χ2v) is 10.2. The first-order valence-electron chi connectivity index (χ1n) is 8.46. The summed E-state index contributed by atoms with van der Waals surface area (Å²) in [4.78, 5) is 6.91. The van der Waals surface area contributed by atoms with E-state index >= 15 is 0 Å². The Morgan fingerprint density at radius 3 is 2.50 bits per heavy atom. The second-order valence-electron chi connectivity index (χ2n) is 6.65. The summed E-state index contributed by atoms with van der Waals surface area (Å²) in [5.41, 5.74) is 2.34. The molecule has 2 aromatic carbocycles. The maximum atomic E-state index is 12.1. The number of amidine groups is 1. The Hall–Kier alpha value is -1.50. The summed E-state index contributed by atoms with van der Waals surface area (Å²) in [5, 5.41) is 1.64. The SMILES string of the molecule is O=S1(=O)C[C@@H]2[C@@H](C1)N=C(SCc1ccccc1)N2Cc1ccc(Cl)cc1. The van der Waals surface area contributed by atoms with Gasteiger partial charge in [-0.3, -0.25) is 4.99 Å². The Bertz CT molecular complexity index is 914. The second kappa shape index (κ2) is 7.25. The summed E-state index contributed by atoms with van der Waals surface area (Å²) in [6, 6.07) is 17.7. The average molecular weight is 407 g/mol. The van der Waals surface area contributed by atoms with E-state index in [1.165, 1.54) is 5.56 Å². The molecule has 0 bridgehead atoms. The molecule has 4 nitrogen and oxygen atoms in total. The fourth-order valence-corrected chi connectivity index (χ4v) is 6.47. The third-order valence-electron chi connectivity index (χ3n) is 4.69. The fourth-order valence-electron chi connectivity index (χ4n) is 3.40. The lowest BCUT2D eigenvalue weighted by Crippen LogP contribution is -2.38. The van der Waals surface area contributed by atoms with E-state index in [9.17, 15) is 8.42 Å². The highest BCUT2D eigenvalue weighted by Gasteiger charge is 2.46. The molecule has 4 rings (SSSR count). The van der Waals surface area contributed by atoms with Gasteiger partial charge in [0.15, 0.2) is 15.0 Å². The van der Waals surface area contributed by atoms with Crippen LogP contribution in [-0.4, -0.2) is 42.1 Å². The number of rotatable bonds is 4. The van der Waals surface area contributed by atoms with Gasteiger partial charge in [0.1, 0.15) is 0 Å². The molecule has 2 heterocycles. The van der Waals surface area contributed by atoms with Crippen molar-refractivity contribution in [3.05, 3.63) is 70.7 Å². The smallest absolute Gasteiger partial charge is 0.160 e. The molecule has 2 atom stereocenters. The van der Waals surface area contributed by atoms with Crippen LogP contribution in [-0.2, 0) is 22.1 Å². The molecule has 2 aromatic rings. The summed E-state index contributed by atoms with van der Waals surface area (Å²) in [6.07, 6.45) is 0. The van der Waals surface area contributed by atoms with Gasteiger partial charge in [0.25, 0.3) is 0 Å². The van der Waals surface area contributed by atoms with Crippen LogP contribution in [0.1, 0.15) is 11.1 Å². The zero-order valence-corrected chi connectivity index (χ0v) is 16.5. The van der Waals surface area contributed by atoms with Crippen LogP contribution >= 0.6 is 23.4 Å². The van der Waals surface area contributed by atoms with Gasteiger partial charge in [-0.25, -0.2) is 8.42 Å². The molecule has 0 unspecified atom stereocenters. The molecule has 0 spiro atoms. The first-order valence-corrected chi connectivity index (χ1v) is 11.6. The number of hydrogen-bond acceptors (Lipinski definition) is 5. The Morgan fingerprint density at radius 2 is 1.77 bits per heavy atom. The van der Waals surface area contributed by atoms with Crippen molar-refractivity contribution in [1.82, 2.24) is 4.90 Å². The van der Waals surface area contributed by atoms with E-state index in [2.05, 4.69) is 17.0 Å². The van der Waals surface area contributed by atoms with Gasteiger partial charge >= 0.3 is 0 Å². The molecule has 0 amide bonds. The summed E-state index contributed by atoms with van der Waals surface area (Å²) >= 11 is 7.66. The number of fused-ring (bicyclic) bond motifs is 1. The Morgan fingerprint density at radius 1 is 1.04 bits per heavy atom. The molecule has 0 aliphatic carbocycles. The van der Waals surface area contributed by atoms with Crippen molar-refractivity contribution < 1.29 is 8.42 Å². The lowest BCUT2D eigenvalue weighted by atomic mass is 10.1. The predicted octanol–water partition coefficient (Wildman–Crippen LogP) is 3.61. The first kappa shape index (κ1) is 17.9. The van der Waals surface area contributed by atoms with Crippen LogP contribution in [0.4, 0.5) is 0 Å². The van der Waals surface area contributed by atoms with E-state index in [1.807, 2.05) is 42.5 Å². The van der Waals surface area contributed by atoms with Crippen LogP contribution in [0.15, 0.2) is 59.6 Å². The van der Waals surface area contributed by atoms with Crippen LogP contribution in [0.5, 0.6) is 0 Å². The van der Waals surface area contributed by atoms with Gasteiger partial charge < -0.3 is 4.90 Å². The maximum absolute atomic E-state index is 12.1. The van der Waals surface area contributed by atoms with Crippen LogP contribution in [0.3, 0.4) is 0 Å². The number of nitrogens with zero attached hydrogens (tertiary/aromatic N) is 2. The molecule has 2 aliphatic heterocycles. The molecule has 26 heavy (non-hydrogen) atoms. The van der Waals surface area contributed by atoms with E-state index in [0.717, 1.165) is 16.5 Å². The van der Waals surface area contributed by atoms with Gasteiger partial charge in [0.05, 0.1) is 23.6 Å². The monoisotopic (exact) mass is 406 g/mol. The van der Waals surface area contributed by atoms with Gasteiger partial charge in [-0.05, 0) is 23.3 Å². The molecule has 0 saturated carbocycles. The van der Waals surface area contributed by atoms with Gasteiger partial charge in [0.2, 0.25) is 0 Å². The van der Waals surface area contributed by atoms with E-state index < -0.39 is 9.84 Å². The molecule has 1 fully saturated rings. The summed E-state index contributed by atoms with van der Waals surface area (Å²) in [7, 11) is -3.01. The zero-order valence-electron chi connectivity index (χ0n) is 14.1. The highest BCUT2D eigenvalue weighted by atomic mass is 35.5.